The molecule has 0 bridgehead atoms. The zero-order valence-electron chi connectivity index (χ0n) is 57.6. The minimum Gasteiger partial charge on any atom is -0.379 e. The SMILES string of the molecule is CCCCCCCCCCCCOCCOCCOCCOCCOCCOCCOCCOCCOCCOCCOCCOCCOCCOCCOCCOCCOCCOCCOCCOCCOCCOCCOCCOCCCCSOOC(C#N)C#N. The van der Waals surface area contributed by atoms with Gasteiger partial charge in [-0.25, -0.2) is 0 Å². The van der Waals surface area contributed by atoms with E-state index in [0.717, 1.165) is 37.9 Å². The highest BCUT2D eigenvalue weighted by Crippen LogP contribution is 2.11. The Bertz CT molecular complexity index is 1440. The first-order chi connectivity index (χ1) is 46.8. The maximum atomic E-state index is 8.57. The van der Waals surface area contributed by atoms with Crippen LogP contribution < -0.4 is 0 Å². The number of hydrogen-bond acceptors (Lipinski definition) is 29. The fourth-order valence-corrected chi connectivity index (χ4v) is 7.91. The maximum Gasteiger partial charge on any atom is 0.265 e. The van der Waals surface area contributed by atoms with Crippen LogP contribution in [-0.2, 0) is 123 Å². The van der Waals surface area contributed by atoms with Gasteiger partial charge in [-0.05, 0) is 19.3 Å². The molecule has 0 spiro atoms. The van der Waals surface area contributed by atoms with Crippen LogP contribution in [0.15, 0.2) is 0 Å². The van der Waals surface area contributed by atoms with Crippen molar-refractivity contribution in [1.82, 2.24) is 0 Å². The normalized spacial score (nSPS) is 11.7. The van der Waals surface area contributed by atoms with E-state index < -0.39 is 6.10 Å². The molecule has 0 aromatic rings. The van der Waals surface area contributed by atoms with Crippen LogP contribution >= 0.6 is 12.0 Å². The van der Waals surface area contributed by atoms with Crippen molar-refractivity contribution in [2.45, 2.75) is 90.1 Å². The van der Waals surface area contributed by atoms with Gasteiger partial charge in [0.1, 0.15) is 12.1 Å². The van der Waals surface area contributed by atoms with E-state index in [1.165, 1.54) is 57.8 Å². The van der Waals surface area contributed by atoms with E-state index >= 15 is 0 Å². The summed E-state index contributed by atoms with van der Waals surface area (Å²) in [5.74, 6) is 0.665. The fraction of sp³-hybridized carbons (Fsp3) is 0.969. The second kappa shape index (κ2) is 89.3. The summed E-state index contributed by atoms with van der Waals surface area (Å²) in [6, 6.07) is 3.30. The van der Waals surface area contributed by atoms with Gasteiger partial charge in [-0.3, -0.25) is 0 Å². The van der Waals surface area contributed by atoms with Crippen molar-refractivity contribution in [2.24, 2.45) is 0 Å². The molecule has 0 aliphatic rings. The molecular weight excluding hydrogens is 1260 g/mol. The van der Waals surface area contributed by atoms with Gasteiger partial charge in [-0.2, -0.15) is 19.7 Å². The first-order valence-corrected chi connectivity index (χ1v) is 35.4. The van der Waals surface area contributed by atoms with Crippen molar-refractivity contribution < 1.29 is 123 Å². The van der Waals surface area contributed by atoms with Gasteiger partial charge in [-0.1, -0.05) is 64.7 Å². The van der Waals surface area contributed by atoms with Gasteiger partial charge >= 0.3 is 0 Å². The summed E-state index contributed by atoms with van der Waals surface area (Å²) in [5.41, 5.74) is 0. The highest BCUT2D eigenvalue weighted by Gasteiger charge is 2.07. The Labute approximate surface area is 568 Å². The molecule has 0 rings (SSSR count). The van der Waals surface area contributed by atoms with E-state index in [1.807, 2.05) is 0 Å². The van der Waals surface area contributed by atoms with Crippen molar-refractivity contribution in [3.05, 3.63) is 0 Å². The molecule has 0 radical (unpaired) electrons. The molecule has 0 amide bonds. The zero-order chi connectivity index (χ0) is 67.2. The summed E-state index contributed by atoms with van der Waals surface area (Å²) < 4.78 is 138. The molecule has 0 aromatic carbocycles. The standard InChI is InChI=1S/C65H126N2O26S/c1-2-3-4-5-6-7-8-9-10-11-14-68-16-18-70-20-22-72-24-26-74-28-30-76-32-34-78-36-38-80-40-42-82-44-46-84-48-50-86-52-54-88-56-58-90-60-61-91-59-57-89-55-53-87-51-49-85-47-45-83-43-41-81-39-37-79-35-33-77-31-29-75-27-25-73-23-21-71-19-17-69-15-12-13-62-94-93-92-65(63-66)64-67/h65H,2-62H2,1H3. The summed E-state index contributed by atoms with van der Waals surface area (Å²) in [4.78, 5) is 4.59. The van der Waals surface area contributed by atoms with Crippen molar-refractivity contribution in [1.29, 1.82) is 10.5 Å². The van der Waals surface area contributed by atoms with Gasteiger partial charge in [0.15, 0.2) is 0 Å². The van der Waals surface area contributed by atoms with Gasteiger partial charge in [0, 0.05) is 31.0 Å². The lowest BCUT2D eigenvalue weighted by Crippen LogP contribution is -2.16. The second-order valence-electron chi connectivity index (χ2n) is 20.2. The monoisotopic (exact) mass is 1380 g/mol. The molecular formula is C65H126N2O26S. The number of hydrogen-bond donors (Lipinski definition) is 0. The van der Waals surface area contributed by atoms with Gasteiger partial charge in [0.25, 0.3) is 6.10 Å². The summed E-state index contributed by atoms with van der Waals surface area (Å²) in [6.07, 6.45) is 13.8. The number of nitriles is 2. The fourth-order valence-electron chi connectivity index (χ4n) is 7.39. The summed E-state index contributed by atoms with van der Waals surface area (Å²) in [5, 5.41) is 17.1. The Kier molecular flexibility index (Phi) is 87.7. The lowest BCUT2D eigenvalue weighted by Gasteiger charge is -2.09. The quantitative estimate of drug-likeness (QED) is 0.0288. The van der Waals surface area contributed by atoms with Gasteiger partial charge < -0.3 is 114 Å². The Morgan fingerprint density at radius 2 is 0.351 bits per heavy atom. The van der Waals surface area contributed by atoms with E-state index in [9.17, 15) is 0 Å². The van der Waals surface area contributed by atoms with E-state index in [4.69, 9.17) is 129 Å². The predicted molar refractivity (Wildman–Crippen MR) is 350 cm³/mol. The largest absolute Gasteiger partial charge is 0.379 e. The number of nitrogens with zero attached hydrogens (tertiary/aromatic N) is 2. The molecule has 0 aliphatic heterocycles. The van der Waals surface area contributed by atoms with Crippen molar-refractivity contribution in [3.8, 4) is 12.1 Å². The van der Waals surface area contributed by atoms with Gasteiger partial charge in [0.05, 0.1) is 304 Å². The minimum atomic E-state index is -1.22. The lowest BCUT2D eigenvalue weighted by atomic mass is 10.1. The van der Waals surface area contributed by atoms with Crippen LogP contribution in [0.1, 0.15) is 84.0 Å². The predicted octanol–water partition coefficient (Wildman–Crippen LogP) is 6.10. The average molecular weight is 1380 g/mol. The van der Waals surface area contributed by atoms with E-state index in [-0.39, 0.29) is 0 Å². The highest BCUT2D eigenvalue weighted by molar-refractivity contribution is 7.94. The third kappa shape index (κ3) is 86.4. The molecule has 558 valence electrons. The molecule has 0 saturated heterocycles. The van der Waals surface area contributed by atoms with Crippen LogP contribution in [0.3, 0.4) is 0 Å². The van der Waals surface area contributed by atoms with E-state index in [2.05, 4.69) is 11.8 Å². The van der Waals surface area contributed by atoms with Gasteiger partial charge in [-0.15, -0.1) is 0 Å². The van der Waals surface area contributed by atoms with E-state index in [1.54, 1.807) is 12.1 Å². The van der Waals surface area contributed by atoms with Crippen LogP contribution in [0, 0.1) is 22.7 Å². The molecule has 0 heterocycles. The number of rotatable bonds is 88. The van der Waals surface area contributed by atoms with Crippen LogP contribution in [0.5, 0.6) is 0 Å². The molecule has 0 unspecified atom stereocenters. The smallest absolute Gasteiger partial charge is 0.265 e. The van der Waals surface area contributed by atoms with Crippen LogP contribution in [0.25, 0.3) is 0 Å². The average Bonchev–Trinajstić information content (AvgIpc) is 3.60. The Balaban J connectivity index is 3.10. The minimum absolute atomic E-state index is 0.478. The van der Waals surface area contributed by atoms with Crippen LogP contribution in [-0.4, -0.2) is 329 Å². The molecule has 94 heavy (non-hydrogen) atoms. The van der Waals surface area contributed by atoms with Crippen LogP contribution in [0.4, 0.5) is 0 Å². The second-order valence-corrected chi connectivity index (χ2v) is 21.0. The molecule has 0 N–H and O–H groups in total. The topological polar surface area (TPSA) is 288 Å². The molecule has 0 saturated carbocycles. The first-order valence-electron chi connectivity index (χ1n) is 34.4. The molecule has 29 heteroatoms. The lowest BCUT2D eigenvalue weighted by molar-refractivity contribution is -0.198. The third-order valence-corrected chi connectivity index (χ3v) is 13.0. The van der Waals surface area contributed by atoms with E-state index in [0.29, 0.717) is 316 Å². The summed E-state index contributed by atoms with van der Waals surface area (Å²) >= 11 is 1.05. The van der Waals surface area contributed by atoms with Gasteiger partial charge in [0.2, 0.25) is 0 Å². The number of unbranched alkanes of at least 4 members (excludes halogenated alkanes) is 10. The Morgan fingerprint density at radius 3 is 0.521 bits per heavy atom. The summed E-state index contributed by atoms with van der Waals surface area (Å²) in [7, 11) is 0. The highest BCUT2D eigenvalue weighted by atomic mass is 32.2. The zero-order valence-corrected chi connectivity index (χ0v) is 58.4. The Morgan fingerprint density at radius 1 is 0.202 bits per heavy atom. The molecule has 0 aliphatic carbocycles. The third-order valence-electron chi connectivity index (χ3n) is 12.4. The van der Waals surface area contributed by atoms with Crippen molar-refractivity contribution in [2.75, 3.05) is 323 Å². The maximum absolute atomic E-state index is 8.57. The molecule has 0 fully saturated rings. The number of ether oxygens (including phenoxy) is 24. The molecule has 0 aromatic heterocycles. The molecule has 28 nitrogen and oxygen atoms in total. The molecule has 0 atom stereocenters. The van der Waals surface area contributed by atoms with Crippen molar-refractivity contribution >= 4 is 12.0 Å². The van der Waals surface area contributed by atoms with Crippen molar-refractivity contribution in [3.63, 3.8) is 0 Å². The summed E-state index contributed by atoms with van der Waals surface area (Å²) in [6.45, 7) is 26.5. The first kappa shape index (κ1) is 92.3. The Hall–Kier alpha value is -1.71. The van der Waals surface area contributed by atoms with Crippen LogP contribution in [0.2, 0.25) is 0 Å².